The van der Waals surface area contributed by atoms with Crippen LogP contribution >= 0.6 is 12.2 Å². The summed E-state index contributed by atoms with van der Waals surface area (Å²) >= 11 is 5.47. The molecule has 4 N–H and O–H groups in total. The number of carbonyl (C=O) groups is 2. The molecule has 0 heterocycles. The van der Waals surface area contributed by atoms with Gasteiger partial charge in [0.1, 0.15) is 0 Å². The van der Waals surface area contributed by atoms with Crippen molar-refractivity contribution < 1.29 is 9.59 Å². The van der Waals surface area contributed by atoms with Crippen LogP contribution in [0.4, 0.5) is 0 Å². The Balaban J connectivity index is 2.51. The van der Waals surface area contributed by atoms with E-state index in [1.54, 1.807) is 0 Å². The first-order chi connectivity index (χ1) is 11.4. The van der Waals surface area contributed by atoms with Gasteiger partial charge in [-0.25, -0.2) is 0 Å². The third-order valence-electron chi connectivity index (χ3n) is 3.97. The Morgan fingerprint density at radius 2 is 1.88 bits per heavy atom. The van der Waals surface area contributed by atoms with Crippen LogP contribution in [-0.2, 0) is 16.0 Å². The molecule has 0 fully saturated rings. The highest BCUT2D eigenvalue weighted by atomic mass is 32.1. The SMILES string of the molecule is CCC(C)[C@H](NC(=O)CCC(N)=O)C(=S)NCCc1ccccc1. The van der Waals surface area contributed by atoms with E-state index in [2.05, 4.69) is 29.7 Å². The number of rotatable bonds is 10. The molecule has 5 nitrogen and oxygen atoms in total. The van der Waals surface area contributed by atoms with E-state index < -0.39 is 5.91 Å². The van der Waals surface area contributed by atoms with Crippen LogP contribution in [0.25, 0.3) is 0 Å². The van der Waals surface area contributed by atoms with Crippen LogP contribution in [0, 0.1) is 5.92 Å². The summed E-state index contributed by atoms with van der Waals surface area (Å²) in [4.78, 5) is 23.4. The Kier molecular flexibility index (Phi) is 9.01. The smallest absolute Gasteiger partial charge is 0.221 e. The lowest BCUT2D eigenvalue weighted by Gasteiger charge is -2.26. The van der Waals surface area contributed by atoms with Crippen molar-refractivity contribution in [2.75, 3.05) is 6.54 Å². The molecule has 24 heavy (non-hydrogen) atoms. The molecule has 6 heteroatoms. The van der Waals surface area contributed by atoms with Crippen LogP contribution < -0.4 is 16.4 Å². The van der Waals surface area contributed by atoms with Crippen molar-refractivity contribution >= 4 is 29.0 Å². The Labute approximate surface area is 149 Å². The van der Waals surface area contributed by atoms with E-state index in [1.165, 1.54) is 5.56 Å². The van der Waals surface area contributed by atoms with Crippen molar-refractivity contribution in [3.8, 4) is 0 Å². The summed E-state index contributed by atoms with van der Waals surface area (Å²) in [6.45, 7) is 4.82. The van der Waals surface area contributed by atoms with Crippen molar-refractivity contribution in [3.05, 3.63) is 35.9 Å². The van der Waals surface area contributed by atoms with Crippen LogP contribution in [0.3, 0.4) is 0 Å². The highest BCUT2D eigenvalue weighted by molar-refractivity contribution is 7.80. The minimum atomic E-state index is -0.478. The van der Waals surface area contributed by atoms with Crippen molar-refractivity contribution in [1.29, 1.82) is 0 Å². The van der Waals surface area contributed by atoms with E-state index in [1.807, 2.05) is 25.1 Å². The maximum absolute atomic E-state index is 12.0. The number of benzene rings is 1. The van der Waals surface area contributed by atoms with E-state index >= 15 is 0 Å². The maximum atomic E-state index is 12.0. The Bertz CT molecular complexity index is 548. The molecule has 1 aromatic rings. The molecule has 0 saturated heterocycles. The molecule has 0 aliphatic heterocycles. The second kappa shape index (κ2) is 10.8. The van der Waals surface area contributed by atoms with Crippen LogP contribution in [0.15, 0.2) is 30.3 Å². The summed E-state index contributed by atoms with van der Waals surface area (Å²) in [7, 11) is 0. The Morgan fingerprint density at radius 1 is 1.21 bits per heavy atom. The number of primary amides is 1. The summed E-state index contributed by atoms with van der Waals surface area (Å²) < 4.78 is 0. The zero-order chi connectivity index (χ0) is 17.9. The standard InChI is InChI=1S/C18H27N3O2S/c1-3-13(2)17(21-16(23)10-9-15(19)22)18(24)20-12-11-14-7-5-4-6-8-14/h4-8,13,17H,3,9-12H2,1-2H3,(H2,19,22)(H,20,24)(H,21,23)/t13?,17-/m0/s1. The van der Waals surface area contributed by atoms with Crippen LogP contribution in [-0.4, -0.2) is 29.4 Å². The number of thiocarbonyl (C=S) groups is 1. The first-order valence-electron chi connectivity index (χ1n) is 8.33. The van der Waals surface area contributed by atoms with Gasteiger partial charge in [-0.2, -0.15) is 0 Å². The number of hydrogen-bond donors (Lipinski definition) is 3. The van der Waals surface area contributed by atoms with Gasteiger partial charge in [-0.3, -0.25) is 9.59 Å². The zero-order valence-electron chi connectivity index (χ0n) is 14.4. The van der Waals surface area contributed by atoms with Gasteiger partial charge in [0.25, 0.3) is 0 Å². The molecule has 0 aromatic heterocycles. The number of hydrogen-bond acceptors (Lipinski definition) is 3. The number of amides is 2. The van der Waals surface area contributed by atoms with Crippen LogP contribution in [0.2, 0.25) is 0 Å². The van der Waals surface area contributed by atoms with Gasteiger partial charge in [0.15, 0.2) is 0 Å². The lowest BCUT2D eigenvalue weighted by Crippen LogP contribution is -2.49. The minimum absolute atomic E-state index is 0.0489. The van der Waals surface area contributed by atoms with E-state index in [-0.39, 0.29) is 30.7 Å². The second-order valence-corrected chi connectivity index (χ2v) is 6.36. The fourth-order valence-corrected chi connectivity index (χ4v) is 2.66. The van der Waals surface area contributed by atoms with Crippen molar-refractivity contribution in [1.82, 2.24) is 10.6 Å². The van der Waals surface area contributed by atoms with Gasteiger partial charge >= 0.3 is 0 Å². The van der Waals surface area contributed by atoms with Gasteiger partial charge in [-0.05, 0) is 17.9 Å². The van der Waals surface area contributed by atoms with Gasteiger partial charge in [0.05, 0.1) is 11.0 Å². The average molecular weight is 350 g/mol. The maximum Gasteiger partial charge on any atom is 0.221 e. The monoisotopic (exact) mass is 349 g/mol. The van der Waals surface area contributed by atoms with Crippen molar-refractivity contribution in [3.63, 3.8) is 0 Å². The second-order valence-electron chi connectivity index (χ2n) is 5.92. The Hall–Kier alpha value is -1.95. The summed E-state index contributed by atoms with van der Waals surface area (Å²) in [6.07, 6.45) is 1.90. The van der Waals surface area contributed by atoms with E-state index in [0.717, 1.165) is 12.8 Å². The molecule has 0 bridgehead atoms. The van der Waals surface area contributed by atoms with E-state index in [0.29, 0.717) is 11.5 Å². The molecule has 0 aliphatic carbocycles. The van der Waals surface area contributed by atoms with E-state index in [4.69, 9.17) is 18.0 Å². The molecule has 0 radical (unpaired) electrons. The summed E-state index contributed by atoms with van der Waals surface area (Å²) in [5, 5.41) is 6.16. The molecular formula is C18H27N3O2S. The number of nitrogens with one attached hydrogen (secondary N) is 2. The van der Waals surface area contributed by atoms with Crippen molar-refractivity contribution in [2.24, 2.45) is 11.7 Å². The van der Waals surface area contributed by atoms with Gasteiger partial charge in [-0.15, -0.1) is 0 Å². The van der Waals surface area contributed by atoms with Gasteiger partial charge in [0, 0.05) is 19.4 Å². The molecule has 132 valence electrons. The highest BCUT2D eigenvalue weighted by Gasteiger charge is 2.22. The van der Waals surface area contributed by atoms with Crippen molar-refractivity contribution in [2.45, 2.75) is 45.6 Å². The third kappa shape index (κ3) is 7.55. The van der Waals surface area contributed by atoms with Crippen LogP contribution in [0.1, 0.15) is 38.7 Å². The molecule has 2 atom stereocenters. The normalized spacial score (nSPS) is 12.9. The summed E-state index contributed by atoms with van der Waals surface area (Å²) in [5.74, 6) is -0.473. The average Bonchev–Trinajstić information content (AvgIpc) is 2.58. The zero-order valence-corrected chi connectivity index (χ0v) is 15.2. The Morgan fingerprint density at radius 3 is 2.46 bits per heavy atom. The molecule has 2 amide bonds. The van der Waals surface area contributed by atoms with Gasteiger partial charge in [-0.1, -0.05) is 62.8 Å². The predicted molar refractivity (Wildman–Crippen MR) is 101 cm³/mol. The van der Waals surface area contributed by atoms with Crippen LogP contribution in [0.5, 0.6) is 0 Å². The molecule has 1 aromatic carbocycles. The molecule has 0 spiro atoms. The number of nitrogens with two attached hydrogens (primary N) is 1. The third-order valence-corrected chi connectivity index (χ3v) is 4.36. The fourth-order valence-electron chi connectivity index (χ4n) is 2.27. The molecule has 1 rings (SSSR count). The highest BCUT2D eigenvalue weighted by Crippen LogP contribution is 2.10. The largest absolute Gasteiger partial charge is 0.378 e. The first kappa shape index (κ1) is 20.1. The fraction of sp³-hybridized carbons (Fsp3) is 0.500. The topological polar surface area (TPSA) is 84.2 Å². The van der Waals surface area contributed by atoms with Gasteiger partial charge in [0.2, 0.25) is 11.8 Å². The lowest BCUT2D eigenvalue weighted by molar-refractivity contribution is -0.125. The molecule has 1 unspecified atom stereocenters. The quantitative estimate of drug-likeness (QED) is 0.564. The van der Waals surface area contributed by atoms with Gasteiger partial charge < -0.3 is 16.4 Å². The predicted octanol–water partition coefficient (Wildman–Crippen LogP) is 1.94. The minimum Gasteiger partial charge on any atom is -0.378 e. The van der Waals surface area contributed by atoms with E-state index in [9.17, 15) is 9.59 Å². The first-order valence-corrected chi connectivity index (χ1v) is 8.74. The summed E-state index contributed by atoms with van der Waals surface area (Å²) in [5.41, 5.74) is 6.32. The molecule has 0 saturated carbocycles. The molecule has 0 aliphatic rings. The molecular weight excluding hydrogens is 322 g/mol. The summed E-state index contributed by atoms with van der Waals surface area (Å²) in [6, 6.07) is 9.91. The number of carbonyl (C=O) groups excluding carboxylic acids is 2. The lowest BCUT2D eigenvalue weighted by atomic mass is 9.98.